The molecule has 0 N–H and O–H groups in total. The highest BCUT2D eigenvalue weighted by Crippen LogP contribution is 2.40. The van der Waals surface area contributed by atoms with E-state index >= 15 is 4.39 Å². The third-order valence-electron chi connectivity index (χ3n) is 5.50. The van der Waals surface area contributed by atoms with Crippen LogP contribution in [0.2, 0.25) is 0 Å². The monoisotopic (exact) mass is 505 g/mol. The number of aryl methyl sites for hydroxylation is 2. The smallest absolute Gasteiger partial charge is 0.289 e. The molecule has 0 aliphatic heterocycles. The second kappa shape index (κ2) is 10.2. The lowest BCUT2D eigenvalue weighted by Crippen LogP contribution is -2.12. The zero-order chi connectivity index (χ0) is 26.1. The highest BCUT2D eigenvalue weighted by molar-refractivity contribution is 5.73. The maximum atomic E-state index is 15.2. The van der Waals surface area contributed by atoms with Crippen molar-refractivity contribution in [1.82, 2.24) is 0 Å². The molecule has 1 nitrogen and oxygen atoms in total. The lowest BCUT2D eigenvalue weighted by Gasteiger charge is -2.14. The van der Waals surface area contributed by atoms with Gasteiger partial charge in [-0.15, -0.1) is 0 Å². The normalized spacial score (nSPS) is 11.8. The van der Waals surface area contributed by atoms with E-state index in [1.807, 2.05) is 6.92 Å². The number of alkyl halides is 3. The molecule has 35 heavy (non-hydrogen) atoms. The first-order chi connectivity index (χ1) is 16.3. The molecule has 0 aliphatic carbocycles. The fraction of sp³-hybridized carbons (Fsp3) is 0.280. The fourth-order valence-electron chi connectivity index (χ4n) is 3.80. The van der Waals surface area contributed by atoms with Gasteiger partial charge in [0.25, 0.3) is 0 Å². The van der Waals surface area contributed by atoms with E-state index in [1.54, 1.807) is 0 Å². The molecule has 0 heterocycles. The zero-order valence-electron chi connectivity index (χ0n) is 18.2. The first kappa shape index (κ1) is 26.4. The van der Waals surface area contributed by atoms with Gasteiger partial charge in [0.2, 0.25) is 0 Å². The Hall–Kier alpha value is -3.17. The Labute approximate surface area is 194 Å². The maximum absolute atomic E-state index is 15.2. The van der Waals surface area contributed by atoms with E-state index in [4.69, 9.17) is 0 Å². The molecule has 0 saturated heterocycles. The Morgan fingerprint density at radius 2 is 1.17 bits per heavy atom. The third kappa shape index (κ3) is 5.57. The standard InChI is InChI=1S/C25H18F9O/c1-2-3-4-12-7-16(27)21(17(28)8-12)22-20(35)11-15(26)14(24(22)31)6-5-13-9-18(29)23(19(30)10-13)25(32,33)34/h7-11H,2-6H2,1H3. The van der Waals surface area contributed by atoms with Gasteiger partial charge in [0, 0.05) is 11.6 Å². The molecule has 0 fully saturated rings. The lowest BCUT2D eigenvalue weighted by atomic mass is 9.94. The number of halogens is 9. The minimum Gasteiger partial charge on any atom is -0.289 e. The van der Waals surface area contributed by atoms with E-state index in [2.05, 4.69) is 0 Å². The van der Waals surface area contributed by atoms with Crippen LogP contribution in [0.5, 0.6) is 5.75 Å². The van der Waals surface area contributed by atoms with Crippen molar-refractivity contribution >= 4 is 0 Å². The van der Waals surface area contributed by atoms with Crippen molar-refractivity contribution in [3.63, 3.8) is 0 Å². The van der Waals surface area contributed by atoms with Crippen molar-refractivity contribution < 1.29 is 44.6 Å². The Kier molecular flexibility index (Phi) is 7.71. The molecule has 0 saturated carbocycles. The summed E-state index contributed by atoms with van der Waals surface area (Å²) in [7, 11) is 0. The minimum atomic E-state index is -5.29. The van der Waals surface area contributed by atoms with Gasteiger partial charge in [0.15, 0.2) is 5.75 Å². The summed E-state index contributed by atoms with van der Waals surface area (Å²) in [4.78, 5) is 0. The molecule has 0 aromatic heterocycles. The van der Waals surface area contributed by atoms with Gasteiger partial charge < -0.3 is 0 Å². The molecule has 0 aliphatic rings. The van der Waals surface area contributed by atoms with Crippen molar-refractivity contribution in [3.8, 4) is 16.9 Å². The topological polar surface area (TPSA) is 19.9 Å². The van der Waals surface area contributed by atoms with E-state index in [1.165, 1.54) is 0 Å². The summed E-state index contributed by atoms with van der Waals surface area (Å²) in [6.45, 7) is 1.87. The summed E-state index contributed by atoms with van der Waals surface area (Å²) in [6.07, 6.45) is -4.76. The van der Waals surface area contributed by atoms with Gasteiger partial charge in [-0.25, -0.2) is 26.3 Å². The summed E-state index contributed by atoms with van der Waals surface area (Å²) in [5.41, 5.74) is -5.02. The van der Waals surface area contributed by atoms with Crippen molar-refractivity contribution in [3.05, 3.63) is 87.5 Å². The van der Waals surface area contributed by atoms with Gasteiger partial charge in [-0.3, -0.25) is 5.11 Å². The van der Waals surface area contributed by atoms with Crippen LogP contribution in [0.4, 0.5) is 39.5 Å². The molecule has 0 spiro atoms. The average molecular weight is 505 g/mol. The average Bonchev–Trinajstić information content (AvgIpc) is 2.72. The van der Waals surface area contributed by atoms with Crippen LogP contribution in [0.25, 0.3) is 11.1 Å². The van der Waals surface area contributed by atoms with Crippen LogP contribution < -0.4 is 0 Å². The maximum Gasteiger partial charge on any atom is 0.422 e. The predicted molar refractivity (Wildman–Crippen MR) is 109 cm³/mol. The van der Waals surface area contributed by atoms with Crippen LogP contribution >= 0.6 is 0 Å². The Morgan fingerprint density at radius 1 is 0.657 bits per heavy atom. The SMILES string of the molecule is CCCCc1cc(F)c(-c2c([O])cc(F)c(CCc3cc(F)c(C(F)(F)F)c(F)c3)c2F)c(F)c1. The van der Waals surface area contributed by atoms with E-state index in [9.17, 15) is 40.2 Å². The number of rotatable bonds is 7. The van der Waals surface area contributed by atoms with Crippen LogP contribution in [-0.2, 0) is 30.5 Å². The number of unbranched alkanes of at least 4 members (excludes halogenated alkanes) is 1. The molecule has 0 atom stereocenters. The molecule has 187 valence electrons. The Balaban J connectivity index is 1.99. The van der Waals surface area contributed by atoms with Crippen LogP contribution in [0, 0.1) is 34.9 Å². The fourth-order valence-corrected chi connectivity index (χ4v) is 3.80. The summed E-state index contributed by atoms with van der Waals surface area (Å²) < 4.78 is 125. The van der Waals surface area contributed by atoms with E-state index in [-0.39, 0.29) is 11.1 Å². The summed E-state index contributed by atoms with van der Waals surface area (Å²) >= 11 is 0. The number of hydrogen-bond acceptors (Lipinski definition) is 0. The molecular formula is C25H18F9O. The molecule has 3 rings (SSSR count). The molecule has 0 unspecified atom stereocenters. The van der Waals surface area contributed by atoms with Gasteiger partial charge in [-0.2, -0.15) is 13.2 Å². The van der Waals surface area contributed by atoms with Crippen molar-refractivity contribution in [2.45, 2.75) is 45.2 Å². The Morgan fingerprint density at radius 3 is 1.69 bits per heavy atom. The first-order valence-corrected chi connectivity index (χ1v) is 10.6. The molecule has 3 aromatic carbocycles. The summed E-state index contributed by atoms with van der Waals surface area (Å²) in [5.74, 6) is -10.5. The molecule has 3 aromatic rings. The largest absolute Gasteiger partial charge is 0.422 e. The van der Waals surface area contributed by atoms with Crippen LogP contribution in [0.3, 0.4) is 0 Å². The zero-order valence-corrected chi connectivity index (χ0v) is 18.2. The van der Waals surface area contributed by atoms with Gasteiger partial charge >= 0.3 is 6.18 Å². The number of hydrogen-bond donors (Lipinski definition) is 0. The summed E-state index contributed by atoms with van der Waals surface area (Å²) in [6, 6.07) is 2.97. The highest BCUT2D eigenvalue weighted by Gasteiger charge is 2.38. The van der Waals surface area contributed by atoms with Gasteiger partial charge in [0.05, 0.1) is 11.1 Å². The molecule has 0 amide bonds. The predicted octanol–water partition coefficient (Wildman–Crippen LogP) is 8.48. The lowest BCUT2D eigenvalue weighted by molar-refractivity contribution is -0.142. The van der Waals surface area contributed by atoms with E-state index in [0.29, 0.717) is 31.0 Å². The molecular weight excluding hydrogens is 487 g/mol. The molecule has 1 radical (unpaired) electrons. The van der Waals surface area contributed by atoms with Crippen molar-refractivity contribution in [2.75, 3.05) is 0 Å². The van der Waals surface area contributed by atoms with E-state index < -0.39 is 81.9 Å². The van der Waals surface area contributed by atoms with Crippen LogP contribution in [-0.4, -0.2) is 0 Å². The van der Waals surface area contributed by atoms with Gasteiger partial charge in [-0.1, -0.05) is 13.3 Å². The third-order valence-corrected chi connectivity index (χ3v) is 5.50. The van der Waals surface area contributed by atoms with Crippen LogP contribution in [0.1, 0.15) is 42.0 Å². The first-order valence-electron chi connectivity index (χ1n) is 10.6. The van der Waals surface area contributed by atoms with Gasteiger partial charge in [-0.05, 0) is 61.1 Å². The van der Waals surface area contributed by atoms with Gasteiger partial charge in [0.1, 0.15) is 40.5 Å². The van der Waals surface area contributed by atoms with Crippen molar-refractivity contribution in [1.29, 1.82) is 0 Å². The number of benzene rings is 3. The minimum absolute atomic E-state index is 0.284. The molecule has 0 bridgehead atoms. The highest BCUT2D eigenvalue weighted by atomic mass is 19.4. The second-order valence-electron chi connectivity index (χ2n) is 7.99. The quantitative estimate of drug-likeness (QED) is 0.287. The van der Waals surface area contributed by atoms with E-state index in [0.717, 1.165) is 18.6 Å². The second-order valence-corrected chi connectivity index (χ2v) is 7.99. The Bertz CT molecular complexity index is 1200. The van der Waals surface area contributed by atoms with Crippen molar-refractivity contribution in [2.24, 2.45) is 0 Å². The van der Waals surface area contributed by atoms with Crippen LogP contribution in [0.15, 0.2) is 30.3 Å². The molecule has 10 heteroatoms. The summed E-state index contributed by atoms with van der Waals surface area (Å²) in [5, 5.41) is 12.3.